The number of nitrogens with zero attached hydrogens (tertiary/aromatic N) is 1. The number of hydrogen-bond acceptors (Lipinski definition) is 10. The Balaban J connectivity index is 1.27. The first-order chi connectivity index (χ1) is 15.7. The minimum Gasteiger partial charge on any atom is -0.368 e. The fourth-order valence-corrected chi connectivity index (χ4v) is 6.04. The van der Waals surface area contributed by atoms with E-state index >= 15 is 0 Å². The average Bonchev–Trinajstić information content (AvgIpc) is 3.34. The van der Waals surface area contributed by atoms with Gasteiger partial charge >= 0.3 is 13.5 Å². The maximum absolute atomic E-state index is 13.0. The first-order valence-corrected chi connectivity index (χ1v) is 12.8. The van der Waals surface area contributed by atoms with Crippen molar-refractivity contribution in [2.24, 2.45) is 5.73 Å². The van der Waals surface area contributed by atoms with E-state index in [1.807, 2.05) is 0 Å². The van der Waals surface area contributed by atoms with Crippen molar-refractivity contribution in [3.05, 3.63) is 33.1 Å². The molecule has 1 aromatic heterocycles. The molecule has 186 valence electrons. The number of nitrogens with one attached hydrogen (secondary N) is 1. The van der Waals surface area contributed by atoms with E-state index in [0.717, 1.165) is 30.3 Å². The molecule has 0 radical (unpaired) electrons. The number of H-pyrrole nitrogens is 1. The van der Waals surface area contributed by atoms with Crippen LogP contribution in [0, 0.1) is 0 Å². The molecule has 3 fully saturated rings. The maximum atomic E-state index is 13.0. The highest BCUT2D eigenvalue weighted by Gasteiger charge is 2.59. The monoisotopic (exact) mass is 489 g/mol. The highest BCUT2D eigenvalue weighted by Crippen LogP contribution is 2.58. The molecule has 2 unspecified atom stereocenters. The number of aliphatic hydroxyl groups excluding tert-OH is 1. The number of phosphoric acid groups is 1. The molecule has 33 heavy (non-hydrogen) atoms. The zero-order valence-corrected chi connectivity index (χ0v) is 19.5. The molecule has 13 heteroatoms. The predicted molar refractivity (Wildman–Crippen MR) is 115 cm³/mol. The van der Waals surface area contributed by atoms with Gasteiger partial charge in [0.2, 0.25) is 0 Å². The largest absolute Gasteiger partial charge is 0.475 e. The van der Waals surface area contributed by atoms with Gasteiger partial charge in [0.25, 0.3) is 5.56 Å². The summed E-state index contributed by atoms with van der Waals surface area (Å²) in [5.41, 5.74) is 3.97. The first-order valence-electron chi connectivity index (χ1n) is 11.3. The zero-order chi connectivity index (χ0) is 23.6. The predicted octanol–water partition coefficient (Wildman–Crippen LogP) is 1.14. The van der Waals surface area contributed by atoms with E-state index in [1.54, 1.807) is 6.92 Å². The number of ether oxygens (including phenoxy) is 2. The van der Waals surface area contributed by atoms with E-state index in [9.17, 15) is 19.3 Å². The summed E-state index contributed by atoms with van der Waals surface area (Å²) in [5, 5.41) is 9.98. The molecular weight excluding hydrogens is 457 g/mol. The van der Waals surface area contributed by atoms with Gasteiger partial charge in [-0.1, -0.05) is 12.8 Å². The number of aliphatic hydroxyl groups is 1. The topological polar surface area (TPSA) is 164 Å². The van der Waals surface area contributed by atoms with Crippen LogP contribution in [-0.4, -0.2) is 58.0 Å². The summed E-state index contributed by atoms with van der Waals surface area (Å²) in [5.74, 6) is 0. The third kappa shape index (κ3) is 5.66. The number of aromatic nitrogens is 2. The number of phosphoric ester groups is 1. The highest BCUT2D eigenvalue weighted by atomic mass is 31.2. The van der Waals surface area contributed by atoms with Gasteiger partial charge in [-0.3, -0.25) is 27.9 Å². The van der Waals surface area contributed by atoms with Gasteiger partial charge in [0.15, 0.2) is 12.5 Å². The van der Waals surface area contributed by atoms with Crippen LogP contribution in [0.4, 0.5) is 0 Å². The zero-order valence-electron chi connectivity index (χ0n) is 18.6. The van der Waals surface area contributed by atoms with Crippen LogP contribution in [0.2, 0.25) is 0 Å². The molecule has 1 aliphatic carbocycles. The number of unbranched alkanes of at least 4 members (excludes halogenated alkanes) is 1. The molecule has 4 N–H and O–H groups in total. The second kappa shape index (κ2) is 10.1. The van der Waals surface area contributed by atoms with Crippen molar-refractivity contribution < 1.29 is 32.7 Å². The Labute approximate surface area is 190 Å². The van der Waals surface area contributed by atoms with Crippen LogP contribution in [0.25, 0.3) is 0 Å². The lowest BCUT2D eigenvalue weighted by molar-refractivity contribution is -0.137. The summed E-state index contributed by atoms with van der Waals surface area (Å²) >= 11 is 0. The van der Waals surface area contributed by atoms with Gasteiger partial charge in [-0.25, -0.2) is 9.36 Å². The van der Waals surface area contributed by atoms with E-state index in [-0.39, 0.29) is 19.3 Å². The standard InChI is InChI=1S/C20H32N3O9P/c1-20(21)17-14(31-18(20)23-10-9-15(24)22-19(23)26)12-29-33(27,32-17)28-11-5-4-8-16(25)30-13-6-2-3-7-13/h9-10,13-14,16-18,25H,2-8,11-12,21H2,1H3,(H,22,24,26)/t14?,16?,17-,18-,20-,33-/m1/s1. The van der Waals surface area contributed by atoms with Gasteiger partial charge in [0.05, 0.1) is 24.9 Å². The normalized spacial score (nSPS) is 35.5. The SMILES string of the molecule is C[C@@]1(N)[C@@H]2O[P@](=O)(OCCCCC(O)OC3CCCC3)OCC2O[C@H]1n1ccc(=O)[nH]c1=O. The Morgan fingerprint density at radius 1 is 1.36 bits per heavy atom. The Morgan fingerprint density at radius 3 is 2.85 bits per heavy atom. The van der Waals surface area contributed by atoms with Crippen molar-refractivity contribution in [3.8, 4) is 0 Å². The van der Waals surface area contributed by atoms with Gasteiger partial charge in [-0.05, 0) is 39.0 Å². The smallest absolute Gasteiger partial charge is 0.368 e. The summed E-state index contributed by atoms with van der Waals surface area (Å²) in [6.45, 7) is 1.63. The summed E-state index contributed by atoms with van der Waals surface area (Å²) in [4.78, 5) is 25.7. The summed E-state index contributed by atoms with van der Waals surface area (Å²) < 4.78 is 42.0. The van der Waals surface area contributed by atoms with Crippen molar-refractivity contribution in [1.29, 1.82) is 0 Å². The van der Waals surface area contributed by atoms with Crippen molar-refractivity contribution >= 4 is 7.82 Å². The molecule has 1 saturated carbocycles. The second-order valence-corrected chi connectivity index (χ2v) is 10.6. The van der Waals surface area contributed by atoms with Crippen LogP contribution in [0.15, 0.2) is 21.9 Å². The Morgan fingerprint density at radius 2 is 2.12 bits per heavy atom. The molecule has 6 atom stereocenters. The molecule has 4 rings (SSSR count). The van der Waals surface area contributed by atoms with E-state index in [0.29, 0.717) is 19.3 Å². The second-order valence-electron chi connectivity index (χ2n) is 9.01. The molecule has 1 aromatic rings. The molecule has 0 aromatic carbocycles. The van der Waals surface area contributed by atoms with Gasteiger partial charge < -0.3 is 20.3 Å². The van der Waals surface area contributed by atoms with Gasteiger partial charge in [0.1, 0.15) is 12.2 Å². The fourth-order valence-electron chi connectivity index (χ4n) is 4.52. The average molecular weight is 489 g/mol. The number of nitrogens with two attached hydrogens (primary N) is 1. The quantitative estimate of drug-likeness (QED) is 0.260. The van der Waals surface area contributed by atoms with Crippen LogP contribution in [0.3, 0.4) is 0 Å². The number of hydrogen-bond donors (Lipinski definition) is 3. The Hall–Kier alpha value is -1.37. The first kappa shape index (κ1) is 24.7. The van der Waals surface area contributed by atoms with Crippen molar-refractivity contribution in [2.75, 3.05) is 13.2 Å². The molecular formula is C20H32N3O9P. The molecule has 0 bridgehead atoms. The lowest BCUT2D eigenvalue weighted by Crippen LogP contribution is -2.55. The summed E-state index contributed by atoms with van der Waals surface area (Å²) in [6, 6.07) is 1.18. The van der Waals surface area contributed by atoms with Gasteiger partial charge in [0, 0.05) is 12.3 Å². The van der Waals surface area contributed by atoms with Crippen LogP contribution in [0.5, 0.6) is 0 Å². The number of rotatable bonds is 9. The lowest BCUT2D eigenvalue weighted by atomic mass is 9.93. The molecule has 3 aliphatic rings. The molecule has 3 heterocycles. The highest BCUT2D eigenvalue weighted by molar-refractivity contribution is 7.48. The third-order valence-corrected chi connectivity index (χ3v) is 7.73. The lowest BCUT2D eigenvalue weighted by Gasteiger charge is -2.35. The molecule has 2 aliphatic heterocycles. The summed E-state index contributed by atoms with van der Waals surface area (Å²) in [6.07, 6.45) is 3.98. The third-order valence-electron chi connectivity index (χ3n) is 6.28. The van der Waals surface area contributed by atoms with Crippen LogP contribution in [0.1, 0.15) is 58.1 Å². The van der Waals surface area contributed by atoms with Crippen LogP contribution in [-0.2, 0) is 27.6 Å². The Kier molecular flexibility index (Phi) is 7.56. The van der Waals surface area contributed by atoms with E-state index in [4.69, 9.17) is 28.8 Å². The molecule has 12 nitrogen and oxygen atoms in total. The summed E-state index contributed by atoms with van der Waals surface area (Å²) in [7, 11) is -3.89. The minimum atomic E-state index is -3.89. The van der Waals surface area contributed by atoms with Crippen molar-refractivity contribution in [3.63, 3.8) is 0 Å². The molecule has 2 saturated heterocycles. The fraction of sp³-hybridized carbons (Fsp3) is 0.800. The van der Waals surface area contributed by atoms with E-state index in [2.05, 4.69) is 4.98 Å². The van der Waals surface area contributed by atoms with Crippen LogP contribution < -0.4 is 17.0 Å². The maximum Gasteiger partial charge on any atom is 0.475 e. The van der Waals surface area contributed by atoms with Crippen molar-refractivity contribution in [2.45, 2.75) is 88.2 Å². The minimum absolute atomic E-state index is 0.0860. The molecule has 0 amide bonds. The molecule has 0 spiro atoms. The van der Waals surface area contributed by atoms with Crippen LogP contribution >= 0.6 is 7.82 Å². The van der Waals surface area contributed by atoms with Crippen molar-refractivity contribution in [1.82, 2.24) is 9.55 Å². The number of aromatic amines is 1. The van der Waals surface area contributed by atoms with E-state index < -0.39 is 49.3 Å². The van der Waals surface area contributed by atoms with E-state index in [1.165, 1.54) is 12.3 Å². The van der Waals surface area contributed by atoms with Gasteiger partial charge in [-0.2, -0.15) is 0 Å². The Bertz CT molecular complexity index is 974. The number of fused-ring (bicyclic) bond motifs is 1. The van der Waals surface area contributed by atoms with Gasteiger partial charge in [-0.15, -0.1) is 0 Å².